The van der Waals surface area contributed by atoms with Crippen molar-refractivity contribution >= 4 is 33.3 Å². The lowest BCUT2D eigenvalue weighted by atomic mass is 9.98. The largest absolute Gasteiger partial charge is 0.356 e. The van der Waals surface area contributed by atoms with Crippen LogP contribution < -0.4 is 5.32 Å². The van der Waals surface area contributed by atoms with Gasteiger partial charge in [-0.3, -0.25) is 14.4 Å². The van der Waals surface area contributed by atoms with E-state index in [1.165, 1.54) is 23.5 Å². The highest BCUT2D eigenvalue weighted by molar-refractivity contribution is 7.89. The zero-order chi connectivity index (χ0) is 24.3. The number of benzene rings is 1. The number of sulfonamides is 1. The van der Waals surface area contributed by atoms with E-state index in [0.29, 0.717) is 43.7 Å². The molecule has 4 rings (SSSR count). The Morgan fingerprint density at radius 3 is 2.53 bits per heavy atom. The van der Waals surface area contributed by atoms with Crippen LogP contribution in [0, 0.1) is 5.92 Å². The molecular weight excluding hydrogens is 456 g/mol. The molecule has 1 aromatic heterocycles. The number of amides is 2. The first-order valence-electron chi connectivity index (χ1n) is 11.7. The molecule has 2 aromatic rings. The SMILES string of the molecule is CC(=O)c1cccc(NC(=O)C2CCCN(S(=O)(=O)c3c[nH]c(C(=O)N4CCCCC4)c3)C2)c1. The molecule has 0 radical (unpaired) electrons. The number of ketones is 1. The predicted octanol–water partition coefficient (Wildman–Crippen LogP) is 2.88. The Hall–Kier alpha value is -2.98. The maximum absolute atomic E-state index is 13.3. The molecule has 1 unspecified atom stereocenters. The second-order valence-corrected chi connectivity index (χ2v) is 10.9. The zero-order valence-corrected chi connectivity index (χ0v) is 20.1. The number of aromatic amines is 1. The van der Waals surface area contributed by atoms with E-state index in [9.17, 15) is 22.8 Å². The van der Waals surface area contributed by atoms with Gasteiger partial charge in [0.25, 0.3) is 5.91 Å². The summed E-state index contributed by atoms with van der Waals surface area (Å²) >= 11 is 0. The Morgan fingerprint density at radius 1 is 1.03 bits per heavy atom. The van der Waals surface area contributed by atoms with Gasteiger partial charge < -0.3 is 15.2 Å². The Bertz CT molecular complexity index is 1180. The van der Waals surface area contributed by atoms with Crippen molar-refractivity contribution in [3.63, 3.8) is 0 Å². The topological polar surface area (TPSA) is 120 Å². The van der Waals surface area contributed by atoms with Crippen LogP contribution in [0.2, 0.25) is 0 Å². The zero-order valence-electron chi connectivity index (χ0n) is 19.2. The molecular formula is C24H30N4O5S. The molecule has 2 amide bonds. The minimum atomic E-state index is -3.86. The Balaban J connectivity index is 1.43. The minimum Gasteiger partial charge on any atom is -0.356 e. The van der Waals surface area contributed by atoms with Crippen LogP contribution in [0.1, 0.15) is 59.9 Å². The summed E-state index contributed by atoms with van der Waals surface area (Å²) in [6.07, 6.45) is 5.47. The number of likely N-dealkylation sites (tertiary alicyclic amines) is 1. The number of carbonyl (C=O) groups excluding carboxylic acids is 3. The molecule has 3 heterocycles. The number of H-pyrrole nitrogens is 1. The summed E-state index contributed by atoms with van der Waals surface area (Å²) in [7, 11) is -3.86. The van der Waals surface area contributed by atoms with Crippen molar-refractivity contribution in [2.75, 3.05) is 31.5 Å². The standard InChI is InChI=1S/C24H30N4O5S/c1-17(29)18-7-5-9-20(13-18)26-23(30)19-8-6-12-28(16-19)34(32,33)21-14-22(25-15-21)24(31)27-10-3-2-4-11-27/h5,7,9,13-15,19,25H,2-4,6,8,10-12,16H2,1H3,(H,26,30). The van der Waals surface area contributed by atoms with Crippen LogP contribution in [0.4, 0.5) is 5.69 Å². The fourth-order valence-corrected chi connectivity index (χ4v) is 6.02. The van der Waals surface area contributed by atoms with Gasteiger partial charge in [-0.05, 0) is 57.2 Å². The summed E-state index contributed by atoms with van der Waals surface area (Å²) in [6.45, 7) is 3.18. The van der Waals surface area contributed by atoms with Gasteiger partial charge in [-0.25, -0.2) is 8.42 Å². The van der Waals surface area contributed by atoms with E-state index >= 15 is 0 Å². The summed E-state index contributed by atoms with van der Waals surface area (Å²) in [4.78, 5) is 41.8. The van der Waals surface area contributed by atoms with E-state index < -0.39 is 15.9 Å². The molecule has 34 heavy (non-hydrogen) atoms. The molecule has 2 N–H and O–H groups in total. The highest BCUT2D eigenvalue weighted by atomic mass is 32.2. The van der Waals surface area contributed by atoms with Gasteiger partial charge in [0.15, 0.2) is 5.78 Å². The van der Waals surface area contributed by atoms with Gasteiger partial charge in [-0.2, -0.15) is 4.31 Å². The van der Waals surface area contributed by atoms with E-state index in [2.05, 4.69) is 10.3 Å². The predicted molar refractivity (Wildman–Crippen MR) is 127 cm³/mol. The summed E-state index contributed by atoms with van der Waals surface area (Å²) < 4.78 is 27.8. The molecule has 2 fully saturated rings. The first-order valence-corrected chi connectivity index (χ1v) is 13.1. The second kappa shape index (κ2) is 10.1. The van der Waals surface area contributed by atoms with Crippen molar-refractivity contribution in [1.82, 2.24) is 14.2 Å². The van der Waals surface area contributed by atoms with Crippen LogP contribution in [-0.2, 0) is 14.8 Å². The number of Topliss-reactive ketones (excluding diaryl/α,β-unsaturated/α-hetero) is 1. The van der Waals surface area contributed by atoms with Crippen LogP contribution in [0.25, 0.3) is 0 Å². The smallest absolute Gasteiger partial charge is 0.270 e. The summed E-state index contributed by atoms with van der Waals surface area (Å²) in [5.41, 5.74) is 1.26. The maximum atomic E-state index is 13.3. The average Bonchev–Trinajstić information content (AvgIpc) is 3.36. The van der Waals surface area contributed by atoms with Crippen molar-refractivity contribution in [2.24, 2.45) is 5.92 Å². The molecule has 10 heteroatoms. The van der Waals surface area contributed by atoms with Gasteiger partial charge in [-0.15, -0.1) is 0 Å². The number of carbonyl (C=O) groups is 3. The lowest BCUT2D eigenvalue weighted by Gasteiger charge is -2.31. The number of piperidine rings is 2. The molecule has 1 atom stereocenters. The molecule has 1 aromatic carbocycles. The quantitative estimate of drug-likeness (QED) is 0.609. The number of aromatic nitrogens is 1. The molecule has 0 aliphatic carbocycles. The van der Waals surface area contributed by atoms with E-state index in [-0.39, 0.29) is 34.7 Å². The van der Waals surface area contributed by atoms with Crippen LogP contribution in [0.5, 0.6) is 0 Å². The third-order valence-electron chi connectivity index (χ3n) is 6.46. The second-order valence-electron chi connectivity index (χ2n) is 8.93. The van der Waals surface area contributed by atoms with Gasteiger partial charge in [-0.1, -0.05) is 12.1 Å². The minimum absolute atomic E-state index is 0.0306. The highest BCUT2D eigenvalue weighted by Crippen LogP contribution is 2.26. The first kappa shape index (κ1) is 24.2. The average molecular weight is 487 g/mol. The van der Waals surface area contributed by atoms with Crippen molar-refractivity contribution < 1.29 is 22.8 Å². The van der Waals surface area contributed by atoms with Crippen LogP contribution >= 0.6 is 0 Å². The number of hydrogen-bond donors (Lipinski definition) is 2. The van der Waals surface area contributed by atoms with Gasteiger partial charge in [0.05, 0.1) is 5.92 Å². The lowest BCUT2D eigenvalue weighted by Crippen LogP contribution is -2.43. The fourth-order valence-electron chi connectivity index (χ4n) is 4.50. The van der Waals surface area contributed by atoms with E-state index in [0.717, 1.165) is 19.3 Å². The highest BCUT2D eigenvalue weighted by Gasteiger charge is 2.34. The number of anilines is 1. The summed E-state index contributed by atoms with van der Waals surface area (Å²) in [5.74, 6) is -1.09. The van der Waals surface area contributed by atoms with Crippen molar-refractivity contribution in [1.29, 1.82) is 0 Å². The van der Waals surface area contributed by atoms with Crippen LogP contribution in [0.15, 0.2) is 41.4 Å². The number of nitrogens with one attached hydrogen (secondary N) is 2. The van der Waals surface area contributed by atoms with E-state index in [4.69, 9.17) is 0 Å². The Labute approximate surface area is 199 Å². The third kappa shape index (κ3) is 5.23. The van der Waals surface area contributed by atoms with Crippen LogP contribution in [0.3, 0.4) is 0 Å². The van der Waals surface area contributed by atoms with Crippen LogP contribution in [-0.4, -0.2) is 66.4 Å². The molecule has 182 valence electrons. The Morgan fingerprint density at radius 2 is 1.79 bits per heavy atom. The lowest BCUT2D eigenvalue weighted by molar-refractivity contribution is -0.120. The van der Waals surface area contributed by atoms with Gasteiger partial charge >= 0.3 is 0 Å². The maximum Gasteiger partial charge on any atom is 0.270 e. The normalized spacial score (nSPS) is 19.6. The summed E-state index contributed by atoms with van der Waals surface area (Å²) in [5, 5.41) is 2.81. The molecule has 0 spiro atoms. The molecule has 2 saturated heterocycles. The number of hydrogen-bond acceptors (Lipinski definition) is 5. The van der Waals surface area contributed by atoms with Gasteiger partial charge in [0, 0.05) is 43.6 Å². The fraction of sp³-hybridized carbons (Fsp3) is 0.458. The van der Waals surface area contributed by atoms with E-state index in [1.54, 1.807) is 29.2 Å². The van der Waals surface area contributed by atoms with Crippen molar-refractivity contribution in [3.8, 4) is 0 Å². The monoisotopic (exact) mass is 486 g/mol. The van der Waals surface area contributed by atoms with Gasteiger partial charge in [0.2, 0.25) is 15.9 Å². The molecule has 0 bridgehead atoms. The molecule has 2 aliphatic rings. The third-order valence-corrected chi connectivity index (χ3v) is 8.30. The number of rotatable bonds is 6. The number of nitrogens with zero attached hydrogens (tertiary/aromatic N) is 2. The Kier molecular flexibility index (Phi) is 7.18. The van der Waals surface area contributed by atoms with Crippen molar-refractivity contribution in [2.45, 2.75) is 43.9 Å². The van der Waals surface area contributed by atoms with Gasteiger partial charge in [0.1, 0.15) is 10.6 Å². The van der Waals surface area contributed by atoms with Crippen molar-refractivity contribution in [3.05, 3.63) is 47.8 Å². The molecule has 0 saturated carbocycles. The molecule has 9 nitrogen and oxygen atoms in total. The molecule has 2 aliphatic heterocycles. The first-order chi connectivity index (χ1) is 16.3. The van der Waals surface area contributed by atoms with E-state index in [1.807, 2.05) is 0 Å². The summed E-state index contributed by atoms with van der Waals surface area (Å²) in [6, 6.07) is 8.07.